The van der Waals surface area contributed by atoms with Crippen molar-refractivity contribution < 1.29 is 14.7 Å². The molecule has 6 heteroatoms. The molecule has 0 spiro atoms. The van der Waals surface area contributed by atoms with Crippen LogP contribution in [0, 0.1) is 0 Å². The third-order valence-corrected chi connectivity index (χ3v) is 1.87. The molecule has 0 aliphatic heterocycles. The van der Waals surface area contributed by atoms with E-state index >= 15 is 0 Å². The highest BCUT2D eigenvalue weighted by atomic mass is 16.5. The minimum Gasteiger partial charge on any atom is -0.408 e. The van der Waals surface area contributed by atoms with Crippen LogP contribution in [0.3, 0.4) is 0 Å². The van der Waals surface area contributed by atoms with E-state index < -0.39 is 0 Å². The van der Waals surface area contributed by atoms with Crippen LogP contribution in [0.1, 0.15) is 6.92 Å². The molecule has 0 amide bonds. The zero-order valence-corrected chi connectivity index (χ0v) is 8.93. The molecule has 0 aromatic carbocycles. The molecule has 0 fully saturated rings. The smallest absolute Gasteiger partial charge is 0.233 e. The van der Waals surface area contributed by atoms with Crippen molar-refractivity contribution in [3.05, 3.63) is 0 Å². The van der Waals surface area contributed by atoms with E-state index in [-0.39, 0.29) is 12.0 Å². The Balaban J connectivity index is 4.22. The first kappa shape index (κ1) is 13.0. The molecule has 3 N–H and O–H groups in total. The molecule has 0 aliphatic rings. The summed E-state index contributed by atoms with van der Waals surface area (Å²) in [5.41, 5.74) is 5.50. The van der Waals surface area contributed by atoms with Crippen molar-refractivity contribution in [1.82, 2.24) is 4.90 Å². The van der Waals surface area contributed by atoms with Crippen LogP contribution in [0.4, 0.5) is 0 Å². The average Bonchev–Trinajstić information content (AvgIpc) is 2.18. The molecular formula is C8H19N3O3. The second-order valence-corrected chi connectivity index (χ2v) is 2.95. The molecule has 0 aromatic rings. The maximum Gasteiger partial charge on any atom is 0.233 e. The highest BCUT2D eigenvalue weighted by molar-refractivity contribution is 5.77. The highest BCUT2D eigenvalue weighted by Gasteiger charge is 2.15. The minimum absolute atomic E-state index is 0.0473. The molecule has 0 bridgehead atoms. The van der Waals surface area contributed by atoms with Crippen LogP contribution >= 0.6 is 0 Å². The quantitative estimate of drug-likeness (QED) is 0.269. The summed E-state index contributed by atoms with van der Waals surface area (Å²) in [5, 5.41) is 11.5. The van der Waals surface area contributed by atoms with Crippen molar-refractivity contribution in [2.45, 2.75) is 13.0 Å². The molecule has 14 heavy (non-hydrogen) atoms. The van der Waals surface area contributed by atoms with Crippen molar-refractivity contribution in [1.29, 1.82) is 0 Å². The summed E-state index contributed by atoms with van der Waals surface area (Å²) < 4.78 is 9.91. The Morgan fingerprint density at radius 3 is 2.57 bits per heavy atom. The third kappa shape index (κ3) is 4.29. The zero-order valence-electron chi connectivity index (χ0n) is 8.93. The number of hydrogen-bond donors (Lipinski definition) is 2. The Labute approximate surface area is 84.3 Å². The second-order valence-electron chi connectivity index (χ2n) is 2.95. The molecule has 0 heterocycles. The summed E-state index contributed by atoms with van der Waals surface area (Å²) in [7, 11) is 3.21. The molecule has 0 rings (SSSR count). The van der Waals surface area contributed by atoms with Crippen LogP contribution in [0.5, 0.6) is 0 Å². The number of ether oxygens (including phenoxy) is 2. The fraction of sp³-hybridized carbons (Fsp3) is 0.875. The van der Waals surface area contributed by atoms with Crippen LogP contribution in [-0.4, -0.2) is 56.1 Å². The lowest BCUT2D eigenvalue weighted by molar-refractivity contribution is 0.110. The van der Waals surface area contributed by atoms with E-state index in [1.807, 2.05) is 6.92 Å². The number of methoxy groups -OCH3 is 2. The summed E-state index contributed by atoms with van der Waals surface area (Å²) in [4.78, 5) is 1.72. The molecule has 6 nitrogen and oxygen atoms in total. The van der Waals surface area contributed by atoms with Gasteiger partial charge in [0.15, 0.2) is 0 Å². The van der Waals surface area contributed by atoms with Gasteiger partial charge in [0.2, 0.25) is 5.96 Å². The lowest BCUT2D eigenvalue weighted by atomic mass is 10.3. The molecule has 0 aromatic heterocycles. The molecule has 1 unspecified atom stereocenters. The van der Waals surface area contributed by atoms with Crippen LogP contribution in [0.2, 0.25) is 0 Å². The van der Waals surface area contributed by atoms with Crippen LogP contribution in [0.25, 0.3) is 0 Å². The van der Waals surface area contributed by atoms with Crippen molar-refractivity contribution >= 4 is 5.96 Å². The van der Waals surface area contributed by atoms with Crippen LogP contribution in [-0.2, 0) is 9.47 Å². The van der Waals surface area contributed by atoms with Crippen LogP contribution < -0.4 is 5.73 Å². The molecular weight excluding hydrogens is 186 g/mol. The summed E-state index contributed by atoms with van der Waals surface area (Å²) in [6.07, 6.45) is 0. The predicted octanol–water partition coefficient (Wildman–Crippen LogP) is -0.326. The third-order valence-electron chi connectivity index (χ3n) is 1.87. The van der Waals surface area contributed by atoms with Gasteiger partial charge in [0.25, 0.3) is 0 Å². The van der Waals surface area contributed by atoms with Crippen molar-refractivity contribution in [3.8, 4) is 0 Å². The van der Waals surface area contributed by atoms with Gasteiger partial charge >= 0.3 is 0 Å². The normalized spacial score (nSPS) is 14.1. The molecule has 84 valence electrons. The SMILES string of the molecule is COCCN(C(N)=NO)C(C)COC. The van der Waals surface area contributed by atoms with E-state index in [0.717, 1.165) is 0 Å². The van der Waals surface area contributed by atoms with E-state index in [2.05, 4.69) is 5.16 Å². The monoisotopic (exact) mass is 205 g/mol. The van der Waals surface area contributed by atoms with Gasteiger partial charge in [-0.25, -0.2) is 0 Å². The van der Waals surface area contributed by atoms with Gasteiger partial charge in [-0.3, -0.25) is 0 Å². The molecule has 0 radical (unpaired) electrons. The first-order valence-corrected chi connectivity index (χ1v) is 4.39. The van der Waals surface area contributed by atoms with Crippen molar-refractivity contribution in [3.63, 3.8) is 0 Å². The molecule has 0 saturated heterocycles. The first-order chi connectivity index (χ1) is 6.67. The van der Waals surface area contributed by atoms with Crippen LogP contribution in [0.15, 0.2) is 5.16 Å². The molecule has 1 atom stereocenters. The Morgan fingerprint density at radius 1 is 1.50 bits per heavy atom. The number of nitrogens with zero attached hydrogens (tertiary/aromatic N) is 2. The van der Waals surface area contributed by atoms with Gasteiger partial charge in [-0.1, -0.05) is 5.16 Å². The Bertz CT molecular complexity index is 175. The standard InChI is InChI=1S/C8H19N3O3/c1-7(6-14-3)11(4-5-13-2)8(9)10-12/h7,12H,4-6H2,1-3H3,(H2,9,10). The fourth-order valence-corrected chi connectivity index (χ4v) is 1.14. The largest absolute Gasteiger partial charge is 0.408 e. The van der Waals surface area contributed by atoms with Gasteiger partial charge in [-0.15, -0.1) is 0 Å². The maximum atomic E-state index is 8.56. The Hall–Kier alpha value is -1.01. The fourth-order valence-electron chi connectivity index (χ4n) is 1.14. The minimum atomic E-state index is 0.0473. The summed E-state index contributed by atoms with van der Waals surface area (Å²) in [5.74, 6) is 0.0756. The van der Waals surface area contributed by atoms with E-state index in [0.29, 0.717) is 19.8 Å². The van der Waals surface area contributed by atoms with E-state index in [1.165, 1.54) is 0 Å². The molecule has 0 saturated carbocycles. The number of nitrogens with two attached hydrogens (primary N) is 1. The Kier molecular flexibility index (Phi) is 6.87. The topological polar surface area (TPSA) is 80.3 Å². The summed E-state index contributed by atoms with van der Waals surface area (Å²) in [6.45, 7) is 3.53. The number of rotatable bonds is 6. The number of oxime groups is 1. The van der Waals surface area contributed by atoms with Gasteiger partial charge in [0.1, 0.15) is 0 Å². The van der Waals surface area contributed by atoms with E-state index in [4.69, 9.17) is 20.4 Å². The van der Waals surface area contributed by atoms with E-state index in [1.54, 1.807) is 19.1 Å². The Morgan fingerprint density at radius 2 is 2.14 bits per heavy atom. The number of hydrogen-bond acceptors (Lipinski definition) is 4. The summed E-state index contributed by atoms with van der Waals surface area (Å²) in [6, 6.07) is 0.0473. The lowest BCUT2D eigenvalue weighted by Gasteiger charge is -2.28. The van der Waals surface area contributed by atoms with Crippen molar-refractivity contribution in [2.24, 2.45) is 10.9 Å². The molecule has 0 aliphatic carbocycles. The lowest BCUT2D eigenvalue weighted by Crippen LogP contribution is -2.46. The summed E-state index contributed by atoms with van der Waals surface area (Å²) >= 11 is 0. The zero-order chi connectivity index (χ0) is 11.0. The van der Waals surface area contributed by atoms with E-state index in [9.17, 15) is 0 Å². The van der Waals surface area contributed by atoms with Crippen molar-refractivity contribution in [2.75, 3.05) is 34.0 Å². The second kappa shape index (κ2) is 7.40. The van der Waals surface area contributed by atoms with Gasteiger partial charge in [-0.05, 0) is 6.92 Å². The maximum absolute atomic E-state index is 8.56. The van der Waals surface area contributed by atoms with Gasteiger partial charge in [-0.2, -0.15) is 0 Å². The number of guanidine groups is 1. The predicted molar refractivity (Wildman–Crippen MR) is 53.3 cm³/mol. The highest BCUT2D eigenvalue weighted by Crippen LogP contribution is 1.99. The average molecular weight is 205 g/mol. The van der Waals surface area contributed by atoms with Gasteiger partial charge < -0.3 is 25.3 Å². The first-order valence-electron chi connectivity index (χ1n) is 4.39. The van der Waals surface area contributed by atoms with Gasteiger partial charge in [0, 0.05) is 20.8 Å². The van der Waals surface area contributed by atoms with Gasteiger partial charge in [0.05, 0.1) is 19.3 Å².